The maximum absolute atomic E-state index is 3.19. The largest absolute Gasteiger partial charge is 0.319 e. The molecule has 0 atom stereocenters. The van der Waals surface area contributed by atoms with E-state index >= 15 is 0 Å². The van der Waals surface area contributed by atoms with Gasteiger partial charge < -0.3 is 5.32 Å². The van der Waals surface area contributed by atoms with Crippen molar-refractivity contribution in [3.8, 4) is 0 Å². The van der Waals surface area contributed by atoms with Crippen LogP contribution < -0.4 is 5.32 Å². The van der Waals surface area contributed by atoms with E-state index in [1.807, 2.05) is 7.05 Å². The molecule has 18 heavy (non-hydrogen) atoms. The Labute approximate surface area is 111 Å². The summed E-state index contributed by atoms with van der Waals surface area (Å²) in [7, 11) is 4.27. The van der Waals surface area contributed by atoms with Crippen LogP contribution in [0.1, 0.15) is 36.8 Å². The summed E-state index contributed by atoms with van der Waals surface area (Å²) >= 11 is 0. The van der Waals surface area contributed by atoms with Gasteiger partial charge in [0.2, 0.25) is 0 Å². The predicted octanol–water partition coefficient (Wildman–Crippen LogP) is 2.82. The summed E-state index contributed by atoms with van der Waals surface area (Å²) in [6, 6.07) is 9.94. The Balaban J connectivity index is 1.85. The van der Waals surface area contributed by atoms with Crippen molar-refractivity contribution in [1.82, 2.24) is 10.2 Å². The molecule has 0 spiro atoms. The predicted molar refractivity (Wildman–Crippen MR) is 77.8 cm³/mol. The van der Waals surface area contributed by atoms with Crippen LogP contribution in [0.2, 0.25) is 0 Å². The average molecular weight is 246 g/mol. The second-order valence-corrected chi connectivity index (χ2v) is 5.52. The standard InChI is InChI=1S/C16H26N2/c1-17-12-11-14-7-9-15(10-8-14)13-18(2)16-5-3-4-6-16/h7-10,16-17H,3-6,11-13H2,1-2H3. The minimum atomic E-state index is 0.814. The monoisotopic (exact) mass is 246 g/mol. The van der Waals surface area contributed by atoms with E-state index in [4.69, 9.17) is 0 Å². The highest BCUT2D eigenvalue weighted by atomic mass is 15.1. The van der Waals surface area contributed by atoms with Gasteiger partial charge >= 0.3 is 0 Å². The lowest BCUT2D eigenvalue weighted by molar-refractivity contribution is 0.237. The topological polar surface area (TPSA) is 15.3 Å². The van der Waals surface area contributed by atoms with Crippen LogP contribution in [0.25, 0.3) is 0 Å². The van der Waals surface area contributed by atoms with E-state index in [0.717, 1.165) is 25.6 Å². The molecule has 0 radical (unpaired) electrons. The van der Waals surface area contributed by atoms with Crippen molar-refractivity contribution in [3.63, 3.8) is 0 Å². The third-order valence-electron chi connectivity index (χ3n) is 4.07. The van der Waals surface area contributed by atoms with E-state index in [1.54, 1.807) is 0 Å². The first-order valence-corrected chi connectivity index (χ1v) is 7.22. The molecule has 1 aliphatic carbocycles. The summed E-state index contributed by atoms with van der Waals surface area (Å²) in [4.78, 5) is 2.52. The Morgan fingerprint density at radius 2 is 1.72 bits per heavy atom. The summed E-state index contributed by atoms with van der Waals surface area (Å²) in [5.74, 6) is 0. The van der Waals surface area contributed by atoms with Crippen molar-refractivity contribution in [3.05, 3.63) is 35.4 Å². The number of hydrogen-bond donors (Lipinski definition) is 1. The third kappa shape index (κ3) is 3.82. The molecule has 2 rings (SSSR count). The Morgan fingerprint density at radius 1 is 1.11 bits per heavy atom. The average Bonchev–Trinajstić information content (AvgIpc) is 2.92. The van der Waals surface area contributed by atoms with E-state index in [-0.39, 0.29) is 0 Å². The number of hydrogen-bond acceptors (Lipinski definition) is 2. The molecule has 0 aromatic heterocycles. The molecule has 0 saturated heterocycles. The molecule has 1 N–H and O–H groups in total. The lowest BCUT2D eigenvalue weighted by Gasteiger charge is -2.24. The van der Waals surface area contributed by atoms with Gasteiger partial charge in [0.15, 0.2) is 0 Å². The molecule has 0 heterocycles. The zero-order valence-corrected chi connectivity index (χ0v) is 11.8. The molecule has 2 nitrogen and oxygen atoms in total. The minimum absolute atomic E-state index is 0.814. The van der Waals surface area contributed by atoms with Crippen LogP contribution in [-0.4, -0.2) is 31.6 Å². The lowest BCUT2D eigenvalue weighted by Crippen LogP contribution is -2.28. The number of nitrogens with zero attached hydrogens (tertiary/aromatic N) is 1. The van der Waals surface area contributed by atoms with Gasteiger partial charge in [0, 0.05) is 12.6 Å². The Bertz CT molecular complexity index is 339. The molecule has 1 aliphatic rings. The van der Waals surface area contributed by atoms with Crippen LogP contribution in [-0.2, 0) is 13.0 Å². The molecule has 1 saturated carbocycles. The first-order chi connectivity index (χ1) is 8.79. The maximum atomic E-state index is 3.19. The van der Waals surface area contributed by atoms with Crippen molar-refractivity contribution in [2.24, 2.45) is 0 Å². The quantitative estimate of drug-likeness (QED) is 0.830. The zero-order chi connectivity index (χ0) is 12.8. The fourth-order valence-electron chi connectivity index (χ4n) is 2.84. The van der Waals surface area contributed by atoms with Gasteiger partial charge in [-0.25, -0.2) is 0 Å². The van der Waals surface area contributed by atoms with Gasteiger partial charge in [-0.05, 0) is 51.0 Å². The molecule has 100 valence electrons. The fourth-order valence-corrected chi connectivity index (χ4v) is 2.84. The zero-order valence-electron chi connectivity index (χ0n) is 11.8. The molecule has 0 amide bonds. The number of rotatable bonds is 6. The highest BCUT2D eigenvalue weighted by Gasteiger charge is 2.19. The van der Waals surface area contributed by atoms with Crippen LogP contribution >= 0.6 is 0 Å². The highest BCUT2D eigenvalue weighted by molar-refractivity contribution is 5.22. The molecular formula is C16H26N2. The Kier molecular flexibility index (Phi) is 5.21. The summed E-state index contributed by atoms with van der Waals surface area (Å²) < 4.78 is 0. The highest BCUT2D eigenvalue weighted by Crippen LogP contribution is 2.23. The fraction of sp³-hybridized carbons (Fsp3) is 0.625. The van der Waals surface area contributed by atoms with Gasteiger partial charge in [-0.3, -0.25) is 4.90 Å². The SMILES string of the molecule is CNCCc1ccc(CN(C)C2CCCC2)cc1. The molecule has 2 heteroatoms. The van der Waals surface area contributed by atoms with Crippen LogP contribution in [0.4, 0.5) is 0 Å². The van der Waals surface area contributed by atoms with Gasteiger partial charge in [0.05, 0.1) is 0 Å². The van der Waals surface area contributed by atoms with Crippen molar-refractivity contribution in [2.75, 3.05) is 20.6 Å². The molecule has 1 aromatic carbocycles. The van der Waals surface area contributed by atoms with Crippen LogP contribution in [0.15, 0.2) is 24.3 Å². The van der Waals surface area contributed by atoms with Gasteiger partial charge in [0.25, 0.3) is 0 Å². The van der Waals surface area contributed by atoms with E-state index in [9.17, 15) is 0 Å². The van der Waals surface area contributed by atoms with Crippen molar-refractivity contribution in [2.45, 2.75) is 44.7 Å². The second-order valence-electron chi connectivity index (χ2n) is 5.52. The smallest absolute Gasteiger partial charge is 0.0233 e. The summed E-state index contributed by atoms with van der Waals surface area (Å²) in [6.07, 6.45) is 6.72. The summed E-state index contributed by atoms with van der Waals surface area (Å²) in [6.45, 7) is 2.15. The Morgan fingerprint density at radius 3 is 2.33 bits per heavy atom. The van der Waals surface area contributed by atoms with Crippen molar-refractivity contribution >= 4 is 0 Å². The van der Waals surface area contributed by atoms with Crippen LogP contribution in [0.5, 0.6) is 0 Å². The summed E-state index contributed by atoms with van der Waals surface area (Å²) in [5, 5.41) is 3.19. The first-order valence-electron chi connectivity index (χ1n) is 7.22. The molecule has 1 aromatic rings. The summed E-state index contributed by atoms with van der Waals surface area (Å²) in [5.41, 5.74) is 2.87. The molecule has 0 aliphatic heterocycles. The number of likely N-dealkylation sites (N-methyl/N-ethyl adjacent to an activating group) is 1. The van der Waals surface area contributed by atoms with Crippen LogP contribution in [0.3, 0.4) is 0 Å². The van der Waals surface area contributed by atoms with Gasteiger partial charge in [-0.1, -0.05) is 37.1 Å². The number of nitrogens with one attached hydrogen (secondary N) is 1. The molecule has 0 unspecified atom stereocenters. The van der Waals surface area contributed by atoms with E-state index in [1.165, 1.54) is 36.8 Å². The molecular weight excluding hydrogens is 220 g/mol. The first kappa shape index (κ1) is 13.6. The maximum Gasteiger partial charge on any atom is 0.0233 e. The van der Waals surface area contributed by atoms with E-state index < -0.39 is 0 Å². The van der Waals surface area contributed by atoms with Crippen molar-refractivity contribution in [1.29, 1.82) is 0 Å². The van der Waals surface area contributed by atoms with Gasteiger partial charge in [-0.15, -0.1) is 0 Å². The van der Waals surface area contributed by atoms with Crippen LogP contribution in [0, 0.1) is 0 Å². The van der Waals surface area contributed by atoms with Gasteiger partial charge in [0.1, 0.15) is 0 Å². The lowest BCUT2D eigenvalue weighted by atomic mass is 10.1. The normalized spacial score (nSPS) is 16.6. The van der Waals surface area contributed by atoms with Gasteiger partial charge in [-0.2, -0.15) is 0 Å². The minimum Gasteiger partial charge on any atom is -0.319 e. The van der Waals surface area contributed by atoms with E-state index in [2.05, 4.69) is 41.5 Å². The molecule has 0 bridgehead atoms. The van der Waals surface area contributed by atoms with E-state index in [0.29, 0.717) is 0 Å². The van der Waals surface area contributed by atoms with Crippen molar-refractivity contribution < 1.29 is 0 Å². The Hall–Kier alpha value is -0.860. The second kappa shape index (κ2) is 6.91. The molecule has 1 fully saturated rings. The number of benzene rings is 1. The third-order valence-corrected chi connectivity index (χ3v) is 4.07.